The van der Waals surface area contributed by atoms with Crippen molar-refractivity contribution in [2.45, 2.75) is 33.1 Å². The molecule has 0 spiro atoms. The third kappa shape index (κ3) is 6.69. The number of pyridine rings is 1. The molecule has 3 aromatic carbocycles. The quantitative estimate of drug-likeness (QED) is 0.197. The Kier molecular flexibility index (Phi) is 8.16. The predicted molar refractivity (Wildman–Crippen MR) is 150 cm³/mol. The summed E-state index contributed by atoms with van der Waals surface area (Å²) in [6, 6.07) is 27.8. The van der Waals surface area contributed by atoms with E-state index in [1.165, 1.54) is 0 Å². The molecule has 0 radical (unpaired) electrons. The zero-order chi connectivity index (χ0) is 26.2. The zero-order valence-electron chi connectivity index (χ0n) is 21.7. The van der Waals surface area contributed by atoms with Crippen LogP contribution >= 0.6 is 0 Å². The number of imidazole rings is 1. The van der Waals surface area contributed by atoms with E-state index in [9.17, 15) is 0 Å². The molecule has 0 saturated carbocycles. The Morgan fingerprint density at radius 3 is 2.42 bits per heavy atom. The minimum absolute atomic E-state index is 0.0240. The minimum Gasteiger partial charge on any atom is -0.492 e. The van der Waals surface area contributed by atoms with Crippen LogP contribution in [0.15, 0.2) is 91.1 Å². The number of fused-ring (bicyclic) bond motifs is 1. The van der Waals surface area contributed by atoms with Gasteiger partial charge in [-0.05, 0) is 61.4 Å². The fraction of sp³-hybridized carbons (Fsp3) is 0.226. The van der Waals surface area contributed by atoms with Gasteiger partial charge in [0.15, 0.2) is 5.65 Å². The van der Waals surface area contributed by atoms with Crippen molar-refractivity contribution in [3.05, 3.63) is 102 Å². The summed E-state index contributed by atoms with van der Waals surface area (Å²) in [4.78, 5) is 12.8. The number of hydrogen-bond acceptors (Lipinski definition) is 6. The predicted octanol–water partition coefficient (Wildman–Crippen LogP) is 6.16. The van der Waals surface area contributed by atoms with Gasteiger partial charge in [0.25, 0.3) is 0 Å². The highest BCUT2D eigenvalue weighted by atomic mass is 16.5. The van der Waals surface area contributed by atoms with Crippen LogP contribution in [0.1, 0.15) is 25.0 Å². The molecule has 0 aliphatic heterocycles. The summed E-state index contributed by atoms with van der Waals surface area (Å²) in [7, 11) is 0. The van der Waals surface area contributed by atoms with Crippen LogP contribution in [-0.2, 0) is 13.2 Å². The summed E-state index contributed by atoms with van der Waals surface area (Å²) in [6.45, 7) is 6.49. The molecule has 2 heterocycles. The lowest BCUT2D eigenvalue weighted by atomic mass is 10.1. The first-order chi connectivity index (χ1) is 18.6. The van der Waals surface area contributed by atoms with E-state index in [-0.39, 0.29) is 6.10 Å². The summed E-state index contributed by atoms with van der Waals surface area (Å²) in [6.07, 6.45) is 1.89. The van der Waals surface area contributed by atoms with Crippen LogP contribution in [0.3, 0.4) is 0 Å². The number of nitrogens with one attached hydrogen (secondary N) is 2. The average Bonchev–Trinajstić information content (AvgIpc) is 3.36. The van der Waals surface area contributed by atoms with Gasteiger partial charge in [0, 0.05) is 19.3 Å². The topological polar surface area (TPSA) is 81.3 Å². The summed E-state index contributed by atoms with van der Waals surface area (Å²) in [5.41, 5.74) is 4.51. The zero-order valence-corrected chi connectivity index (χ0v) is 21.7. The van der Waals surface area contributed by atoms with Gasteiger partial charge in [-0.25, -0.2) is 9.97 Å². The van der Waals surface area contributed by atoms with E-state index in [1.807, 2.05) is 105 Å². The maximum Gasteiger partial charge on any atom is 0.157 e. The van der Waals surface area contributed by atoms with Crippen LogP contribution < -0.4 is 19.5 Å². The highest BCUT2D eigenvalue weighted by Gasteiger charge is 2.15. The normalized spacial score (nSPS) is 11.1. The molecule has 0 unspecified atom stereocenters. The summed E-state index contributed by atoms with van der Waals surface area (Å²) >= 11 is 0. The lowest BCUT2D eigenvalue weighted by molar-refractivity contribution is 0.242. The number of hydrogen-bond donors (Lipinski definition) is 2. The van der Waals surface area contributed by atoms with Crippen LogP contribution in [0.4, 0.5) is 0 Å². The summed E-state index contributed by atoms with van der Waals surface area (Å²) < 4.78 is 17.9. The molecule has 0 saturated heterocycles. The van der Waals surface area contributed by atoms with Gasteiger partial charge in [0.1, 0.15) is 41.8 Å². The Hall–Kier alpha value is -4.36. The molecule has 0 aliphatic carbocycles. The molecular weight excluding hydrogens is 476 g/mol. The van der Waals surface area contributed by atoms with Gasteiger partial charge in [0.05, 0.1) is 11.7 Å². The highest BCUT2D eigenvalue weighted by molar-refractivity contribution is 5.78. The fourth-order valence-corrected chi connectivity index (χ4v) is 4.03. The van der Waals surface area contributed by atoms with Crippen LogP contribution in [0, 0.1) is 0 Å². The first kappa shape index (κ1) is 25.3. The Bertz CT molecular complexity index is 1450. The van der Waals surface area contributed by atoms with E-state index in [0.29, 0.717) is 25.6 Å². The van der Waals surface area contributed by atoms with Gasteiger partial charge < -0.3 is 24.5 Å². The molecule has 7 nitrogen and oxygen atoms in total. The van der Waals surface area contributed by atoms with E-state index in [4.69, 9.17) is 19.2 Å². The monoisotopic (exact) mass is 508 g/mol. The Morgan fingerprint density at radius 2 is 1.63 bits per heavy atom. The Balaban J connectivity index is 1.28. The van der Waals surface area contributed by atoms with Gasteiger partial charge in [-0.15, -0.1) is 0 Å². The van der Waals surface area contributed by atoms with E-state index in [2.05, 4.69) is 15.3 Å². The maximum atomic E-state index is 6.09. The number of para-hydroxylation sites is 1. The molecular formula is C31H32N4O3. The Labute approximate surface area is 222 Å². The molecule has 0 bridgehead atoms. The molecule has 7 heteroatoms. The van der Waals surface area contributed by atoms with Crippen molar-refractivity contribution in [3.8, 4) is 28.6 Å². The number of rotatable bonds is 12. The molecule has 2 aromatic heterocycles. The number of ether oxygens (including phenoxy) is 3. The number of aromatic amines is 1. The molecule has 5 aromatic rings. The first-order valence-electron chi connectivity index (χ1n) is 12.8. The molecule has 0 atom stereocenters. The number of H-pyrrole nitrogens is 1. The average molecular weight is 509 g/mol. The number of aromatic nitrogens is 3. The van der Waals surface area contributed by atoms with Crippen molar-refractivity contribution in [1.29, 1.82) is 0 Å². The van der Waals surface area contributed by atoms with Crippen molar-refractivity contribution in [1.82, 2.24) is 20.3 Å². The molecule has 2 N–H and O–H groups in total. The summed E-state index contributed by atoms with van der Waals surface area (Å²) in [5, 5.41) is 3.40. The van der Waals surface area contributed by atoms with Gasteiger partial charge in [-0.2, -0.15) is 0 Å². The Morgan fingerprint density at radius 1 is 0.842 bits per heavy atom. The van der Waals surface area contributed by atoms with Crippen LogP contribution in [0.25, 0.3) is 22.6 Å². The van der Waals surface area contributed by atoms with Gasteiger partial charge >= 0.3 is 0 Å². The largest absolute Gasteiger partial charge is 0.492 e. The van der Waals surface area contributed by atoms with E-state index >= 15 is 0 Å². The van der Waals surface area contributed by atoms with Gasteiger partial charge in [-0.3, -0.25) is 0 Å². The van der Waals surface area contributed by atoms with Crippen molar-refractivity contribution in [2.24, 2.45) is 0 Å². The second-order valence-electron chi connectivity index (χ2n) is 9.23. The van der Waals surface area contributed by atoms with Crippen LogP contribution in [-0.4, -0.2) is 34.2 Å². The van der Waals surface area contributed by atoms with Crippen LogP contribution in [0.5, 0.6) is 17.2 Å². The molecule has 194 valence electrons. The number of benzene rings is 3. The molecule has 0 aliphatic rings. The summed E-state index contributed by atoms with van der Waals surface area (Å²) in [5.74, 6) is 3.05. The smallest absolute Gasteiger partial charge is 0.157 e. The van der Waals surface area contributed by atoms with E-state index in [1.54, 1.807) is 0 Å². The molecule has 5 rings (SSSR count). The number of nitrogens with zero attached hydrogens (tertiary/aromatic N) is 2. The minimum atomic E-state index is 0.0240. The van der Waals surface area contributed by atoms with Crippen molar-refractivity contribution in [2.75, 3.05) is 13.2 Å². The first-order valence-corrected chi connectivity index (χ1v) is 12.8. The fourth-order valence-electron chi connectivity index (χ4n) is 4.03. The third-order valence-electron chi connectivity index (χ3n) is 5.83. The highest BCUT2D eigenvalue weighted by Crippen LogP contribution is 2.34. The molecule has 0 amide bonds. The van der Waals surface area contributed by atoms with Crippen molar-refractivity contribution in [3.63, 3.8) is 0 Å². The van der Waals surface area contributed by atoms with Crippen LogP contribution in [0.2, 0.25) is 0 Å². The lowest BCUT2D eigenvalue weighted by Gasteiger charge is -2.15. The molecule has 38 heavy (non-hydrogen) atoms. The SMILES string of the molecule is CC(C)Oc1ccc(OCc2ccccc2)cc1-c1nc2cc(CNCCOc3ccccc3)cnc2[nH]1. The standard InChI is InChI=1S/C31H32N4O3/c1-22(2)38-29-14-13-26(37-21-23-9-5-3-6-10-23)18-27(29)30-34-28-17-24(20-33-31(28)35-30)19-32-15-16-36-25-11-7-4-8-12-25/h3-14,17-18,20,22,32H,15-16,19,21H2,1-2H3,(H,33,34,35). The second-order valence-corrected chi connectivity index (χ2v) is 9.23. The van der Waals surface area contributed by atoms with E-state index < -0.39 is 0 Å². The van der Waals surface area contributed by atoms with Gasteiger partial charge in [-0.1, -0.05) is 48.5 Å². The lowest BCUT2D eigenvalue weighted by Crippen LogP contribution is -2.20. The van der Waals surface area contributed by atoms with E-state index in [0.717, 1.165) is 51.6 Å². The van der Waals surface area contributed by atoms with Crippen molar-refractivity contribution < 1.29 is 14.2 Å². The maximum absolute atomic E-state index is 6.09. The van der Waals surface area contributed by atoms with Gasteiger partial charge in [0.2, 0.25) is 0 Å². The third-order valence-corrected chi connectivity index (χ3v) is 5.83. The second kappa shape index (κ2) is 12.3. The molecule has 0 fully saturated rings. The van der Waals surface area contributed by atoms with Crippen molar-refractivity contribution >= 4 is 11.2 Å².